The van der Waals surface area contributed by atoms with E-state index in [0.717, 1.165) is 24.3 Å². The first-order chi connectivity index (χ1) is 8.20. The Balaban J connectivity index is 2.12. The highest BCUT2D eigenvalue weighted by Gasteiger charge is 2.19. The number of ether oxygens (including phenoxy) is 1. The van der Waals surface area contributed by atoms with Crippen LogP contribution in [0.4, 0.5) is 5.69 Å². The maximum Gasteiger partial charge on any atom is 0.159 e. The van der Waals surface area contributed by atoms with E-state index in [9.17, 15) is 4.79 Å². The van der Waals surface area contributed by atoms with Gasteiger partial charge in [-0.3, -0.25) is 4.79 Å². The molecule has 1 heterocycles. The van der Waals surface area contributed by atoms with E-state index in [0.29, 0.717) is 18.7 Å². The highest BCUT2D eigenvalue weighted by Crippen LogP contribution is 2.30. The van der Waals surface area contributed by atoms with E-state index < -0.39 is 0 Å². The normalized spacial score (nSPS) is 17.9. The molecule has 0 radical (unpaired) electrons. The number of carbonyl (C=O) groups is 1. The van der Waals surface area contributed by atoms with Gasteiger partial charge in [-0.15, -0.1) is 0 Å². The Kier molecular flexibility index (Phi) is 3.64. The largest absolute Gasteiger partial charge is 0.489 e. The van der Waals surface area contributed by atoms with Gasteiger partial charge in [0.05, 0.1) is 11.7 Å². The van der Waals surface area contributed by atoms with Crippen molar-refractivity contribution in [1.29, 1.82) is 0 Å². The first-order valence-corrected chi connectivity index (χ1v) is 5.95. The van der Waals surface area contributed by atoms with E-state index in [1.807, 2.05) is 12.1 Å². The van der Waals surface area contributed by atoms with Crippen LogP contribution in [0.3, 0.4) is 0 Å². The van der Waals surface area contributed by atoms with E-state index >= 15 is 0 Å². The molecule has 0 spiro atoms. The molecule has 1 aromatic rings. The summed E-state index contributed by atoms with van der Waals surface area (Å²) in [5.74, 6) is 0.887. The molecule has 17 heavy (non-hydrogen) atoms. The predicted molar refractivity (Wildman–Crippen MR) is 67.6 cm³/mol. The van der Waals surface area contributed by atoms with Gasteiger partial charge >= 0.3 is 0 Å². The highest BCUT2D eigenvalue weighted by atomic mass is 16.5. The van der Waals surface area contributed by atoms with Crippen molar-refractivity contribution < 1.29 is 9.53 Å². The predicted octanol–water partition coefficient (Wildman–Crippen LogP) is 1.80. The number of nitrogens with two attached hydrogens (primary N) is 1. The molecule has 1 unspecified atom stereocenters. The summed E-state index contributed by atoms with van der Waals surface area (Å²) < 4.78 is 5.65. The summed E-state index contributed by atoms with van der Waals surface area (Å²) in [5.41, 5.74) is 7.11. The lowest BCUT2D eigenvalue weighted by molar-refractivity contribution is 0.101. The third kappa shape index (κ3) is 2.77. The Bertz CT molecular complexity index is 418. The average Bonchev–Trinajstić information content (AvgIpc) is 2.35. The highest BCUT2D eigenvalue weighted by molar-refractivity contribution is 5.95. The number of benzene rings is 1. The second kappa shape index (κ2) is 5.19. The molecule has 0 aliphatic carbocycles. The molecule has 1 aliphatic rings. The lowest BCUT2D eigenvalue weighted by Gasteiger charge is -2.27. The molecule has 2 rings (SSSR count). The summed E-state index contributed by atoms with van der Waals surface area (Å²) >= 11 is 0. The number of rotatable bonds is 4. The van der Waals surface area contributed by atoms with Crippen molar-refractivity contribution in [2.45, 2.75) is 25.8 Å². The lowest BCUT2D eigenvalue weighted by atomic mass is 10.1. The van der Waals surface area contributed by atoms with Crippen LogP contribution < -0.4 is 15.8 Å². The van der Waals surface area contributed by atoms with Crippen molar-refractivity contribution in [2.75, 3.05) is 18.5 Å². The van der Waals surface area contributed by atoms with E-state index in [2.05, 4.69) is 5.32 Å². The van der Waals surface area contributed by atoms with Crippen LogP contribution in [0.15, 0.2) is 18.2 Å². The maximum absolute atomic E-state index is 11.3. The summed E-state index contributed by atoms with van der Waals surface area (Å²) in [6.07, 6.45) is 1.96. The van der Waals surface area contributed by atoms with Crippen LogP contribution in [0.2, 0.25) is 0 Å². The molecule has 1 atom stereocenters. The SMILES string of the molecule is CC(=O)c1ccc2c(c1)NC(CCCN)CO2. The molecule has 3 N–H and O–H groups in total. The van der Waals surface area contributed by atoms with Crippen LogP contribution >= 0.6 is 0 Å². The third-order valence-corrected chi connectivity index (χ3v) is 2.94. The van der Waals surface area contributed by atoms with Gasteiger partial charge in [-0.05, 0) is 44.5 Å². The first-order valence-electron chi connectivity index (χ1n) is 5.95. The van der Waals surface area contributed by atoms with E-state index in [1.165, 1.54) is 0 Å². The molecular weight excluding hydrogens is 216 g/mol. The van der Waals surface area contributed by atoms with Crippen molar-refractivity contribution in [3.05, 3.63) is 23.8 Å². The van der Waals surface area contributed by atoms with E-state index in [4.69, 9.17) is 10.5 Å². The van der Waals surface area contributed by atoms with Crippen LogP contribution in [0.5, 0.6) is 5.75 Å². The van der Waals surface area contributed by atoms with Gasteiger partial charge in [-0.25, -0.2) is 0 Å². The van der Waals surface area contributed by atoms with Gasteiger partial charge in [-0.2, -0.15) is 0 Å². The number of anilines is 1. The second-order valence-electron chi connectivity index (χ2n) is 4.35. The number of hydrogen-bond donors (Lipinski definition) is 2. The van der Waals surface area contributed by atoms with E-state index in [1.54, 1.807) is 13.0 Å². The average molecular weight is 234 g/mol. The standard InChI is InChI=1S/C13H18N2O2/c1-9(16)10-4-5-13-12(7-10)15-11(8-17-13)3-2-6-14/h4-5,7,11,15H,2-3,6,8,14H2,1H3. The molecule has 0 aromatic heterocycles. The molecule has 92 valence electrons. The molecule has 0 saturated carbocycles. The second-order valence-corrected chi connectivity index (χ2v) is 4.35. The minimum absolute atomic E-state index is 0.0682. The van der Waals surface area contributed by atoms with Crippen LogP contribution in [0.25, 0.3) is 0 Å². The zero-order valence-corrected chi connectivity index (χ0v) is 10.0. The monoisotopic (exact) mass is 234 g/mol. The van der Waals surface area contributed by atoms with Crippen molar-refractivity contribution in [3.8, 4) is 5.75 Å². The minimum atomic E-state index is 0.0682. The molecule has 0 fully saturated rings. The van der Waals surface area contributed by atoms with Gasteiger partial charge < -0.3 is 15.8 Å². The topological polar surface area (TPSA) is 64.4 Å². The quantitative estimate of drug-likeness (QED) is 0.780. The molecule has 1 aromatic carbocycles. The number of hydrogen-bond acceptors (Lipinski definition) is 4. The number of Topliss-reactive ketones (excluding diaryl/α,β-unsaturated/α-hetero) is 1. The Morgan fingerprint density at radius 1 is 1.59 bits per heavy atom. The summed E-state index contributed by atoms with van der Waals surface area (Å²) in [4.78, 5) is 11.3. The Hall–Kier alpha value is -1.55. The van der Waals surface area contributed by atoms with Crippen molar-refractivity contribution in [1.82, 2.24) is 0 Å². The number of nitrogens with one attached hydrogen (secondary N) is 1. The van der Waals surface area contributed by atoms with Crippen LogP contribution in [0, 0.1) is 0 Å². The van der Waals surface area contributed by atoms with Crippen LogP contribution in [-0.2, 0) is 0 Å². The number of carbonyl (C=O) groups excluding carboxylic acids is 1. The molecule has 0 amide bonds. The van der Waals surface area contributed by atoms with Gasteiger partial charge in [0.1, 0.15) is 12.4 Å². The molecule has 4 heteroatoms. The summed E-state index contributed by atoms with van der Waals surface area (Å²) in [7, 11) is 0. The smallest absolute Gasteiger partial charge is 0.159 e. The molecule has 1 aliphatic heterocycles. The van der Waals surface area contributed by atoms with Gasteiger partial charge in [-0.1, -0.05) is 0 Å². The first kappa shape index (κ1) is 11.9. The van der Waals surface area contributed by atoms with Gasteiger partial charge in [0.25, 0.3) is 0 Å². The molecule has 4 nitrogen and oxygen atoms in total. The molecule has 0 saturated heterocycles. The van der Waals surface area contributed by atoms with Crippen LogP contribution in [0.1, 0.15) is 30.1 Å². The third-order valence-electron chi connectivity index (χ3n) is 2.94. The number of ketones is 1. The van der Waals surface area contributed by atoms with Crippen molar-refractivity contribution >= 4 is 11.5 Å². The van der Waals surface area contributed by atoms with Crippen LogP contribution in [-0.4, -0.2) is 25.0 Å². The Morgan fingerprint density at radius 2 is 2.41 bits per heavy atom. The van der Waals surface area contributed by atoms with Crippen molar-refractivity contribution in [2.24, 2.45) is 5.73 Å². The lowest BCUT2D eigenvalue weighted by Crippen LogP contribution is -2.32. The number of fused-ring (bicyclic) bond motifs is 1. The maximum atomic E-state index is 11.3. The molecule has 0 bridgehead atoms. The molecular formula is C13H18N2O2. The summed E-state index contributed by atoms with van der Waals surface area (Å²) in [5, 5.41) is 3.39. The fourth-order valence-corrected chi connectivity index (χ4v) is 1.96. The summed E-state index contributed by atoms with van der Waals surface area (Å²) in [6, 6.07) is 5.78. The Labute approximate surface area is 101 Å². The van der Waals surface area contributed by atoms with E-state index in [-0.39, 0.29) is 11.8 Å². The van der Waals surface area contributed by atoms with Gasteiger partial charge in [0.15, 0.2) is 5.78 Å². The van der Waals surface area contributed by atoms with Gasteiger partial charge in [0, 0.05) is 5.56 Å². The fourth-order valence-electron chi connectivity index (χ4n) is 1.96. The minimum Gasteiger partial charge on any atom is -0.489 e. The zero-order chi connectivity index (χ0) is 12.3. The Morgan fingerprint density at radius 3 is 3.12 bits per heavy atom. The van der Waals surface area contributed by atoms with Crippen molar-refractivity contribution in [3.63, 3.8) is 0 Å². The summed E-state index contributed by atoms with van der Waals surface area (Å²) in [6.45, 7) is 2.92. The zero-order valence-electron chi connectivity index (χ0n) is 10.0. The van der Waals surface area contributed by atoms with Gasteiger partial charge in [0.2, 0.25) is 0 Å². The fraction of sp³-hybridized carbons (Fsp3) is 0.462.